The van der Waals surface area contributed by atoms with Crippen molar-refractivity contribution in [3.63, 3.8) is 0 Å². The number of rotatable bonds is 4. The second-order valence-electron chi connectivity index (χ2n) is 6.37. The normalized spacial score (nSPS) is 11.6. The molecule has 1 amide bonds. The third-order valence-corrected chi connectivity index (χ3v) is 4.33. The molecular formula is C20H13F4N5O. The molecule has 0 aliphatic rings. The molecule has 1 N–H and O–H groups in total. The summed E-state index contributed by atoms with van der Waals surface area (Å²) in [7, 11) is 0. The van der Waals surface area contributed by atoms with Crippen LogP contribution in [0, 0.1) is 5.82 Å². The molecule has 0 fully saturated rings. The zero-order valence-corrected chi connectivity index (χ0v) is 15.2. The predicted octanol–water partition coefficient (Wildman–Crippen LogP) is 3.88. The minimum Gasteiger partial charge on any atom is -0.345 e. The third kappa shape index (κ3) is 3.97. The van der Waals surface area contributed by atoms with E-state index in [4.69, 9.17) is 0 Å². The second kappa shape index (κ2) is 7.54. The summed E-state index contributed by atoms with van der Waals surface area (Å²) in [6.45, 7) is -0.101. The number of hydrogen-bond acceptors (Lipinski definition) is 4. The number of nitrogens with one attached hydrogen (secondary N) is 1. The first-order valence-electron chi connectivity index (χ1n) is 8.74. The van der Waals surface area contributed by atoms with E-state index < -0.39 is 17.6 Å². The molecule has 0 unspecified atom stereocenters. The van der Waals surface area contributed by atoms with Gasteiger partial charge in [0.1, 0.15) is 5.82 Å². The lowest BCUT2D eigenvalue weighted by atomic mass is 10.1. The number of alkyl halides is 3. The van der Waals surface area contributed by atoms with Crippen LogP contribution in [0.5, 0.6) is 0 Å². The van der Waals surface area contributed by atoms with Gasteiger partial charge in [-0.05, 0) is 54.6 Å². The van der Waals surface area contributed by atoms with Gasteiger partial charge in [-0.3, -0.25) is 4.79 Å². The Morgan fingerprint density at radius 3 is 2.50 bits per heavy atom. The molecule has 2 aromatic heterocycles. The smallest absolute Gasteiger partial charge is 0.345 e. The largest absolute Gasteiger partial charge is 0.416 e. The highest BCUT2D eigenvalue weighted by Gasteiger charge is 2.30. The monoisotopic (exact) mass is 415 g/mol. The number of amides is 1. The van der Waals surface area contributed by atoms with Gasteiger partial charge in [-0.1, -0.05) is 6.07 Å². The minimum absolute atomic E-state index is 0.101. The van der Waals surface area contributed by atoms with E-state index in [9.17, 15) is 22.4 Å². The van der Waals surface area contributed by atoms with Crippen LogP contribution in [-0.4, -0.2) is 25.7 Å². The van der Waals surface area contributed by atoms with Gasteiger partial charge >= 0.3 is 6.18 Å². The van der Waals surface area contributed by atoms with Crippen molar-refractivity contribution in [2.45, 2.75) is 12.7 Å². The van der Waals surface area contributed by atoms with Gasteiger partial charge in [0, 0.05) is 11.1 Å². The highest BCUT2D eigenvalue weighted by molar-refractivity contribution is 5.94. The van der Waals surface area contributed by atoms with Crippen molar-refractivity contribution in [3.05, 3.63) is 83.4 Å². The van der Waals surface area contributed by atoms with Gasteiger partial charge in [0.05, 0.1) is 17.8 Å². The van der Waals surface area contributed by atoms with Crippen molar-refractivity contribution < 1.29 is 22.4 Å². The lowest BCUT2D eigenvalue weighted by Gasteiger charge is -2.09. The fourth-order valence-electron chi connectivity index (χ4n) is 2.82. The molecule has 2 aromatic carbocycles. The maximum Gasteiger partial charge on any atom is 0.416 e. The zero-order valence-electron chi connectivity index (χ0n) is 15.2. The SMILES string of the molecule is O=C(NCc1nnc2ccc(-c3ccc(F)cc3)nn12)c1cccc(C(F)(F)F)c1. The number of aromatic nitrogens is 4. The van der Waals surface area contributed by atoms with Gasteiger partial charge in [0.2, 0.25) is 0 Å². The van der Waals surface area contributed by atoms with E-state index in [-0.39, 0.29) is 23.7 Å². The van der Waals surface area contributed by atoms with Crippen LogP contribution in [0.3, 0.4) is 0 Å². The Kier molecular flexibility index (Phi) is 4.90. The highest BCUT2D eigenvalue weighted by atomic mass is 19.4. The van der Waals surface area contributed by atoms with Crippen LogP contribution in [-0.2, 0) is 12.7 Å². The summed E-state index contributed by atoms with van der Waals surface area (Å²) in [6.07, 6.45) is -4.54. The first kappa shape index (κ1) is 19.5. The molecule has 0 bridgehead atoms. The molecule has 0 aliphatic carbocycles. The average Bonchev–Trinajstić information content (AvgIpc) is 3.14. The van der Waals surface area contributed by atoms with E-state index in [1.807, 2.05) is 0 Å². The standard InChI is InChI=1S/C20H13F4N5O/c21-15-6-4-12(5-7-15)16-8-9-17-26-27-18(29(17)28-16)11-25-19(30)13-2-1-3-14(10-13)20(22,23)24/h1-10H,11H2,(H,25,30). The van der Waals surface area contributed by atoms with Crippen molar-refractivity contribution in [1.82, 2.24) is 25.1 Å². The van der Waals surface area contributed by atoms with Crippen LogP contribution in [0.1, 0.15) is 21.7 Å². The van der Waals surface area contributed by atoms with Crippen molar-refractivity contribution in [2.24, 2.45) is 0 Å². The summed E-state index contributed by atoms with van der Waals surface area (Å²) in [5.74, 6) is -0.774. The van der Waals surface area contributed by atoms with Crippen LogP contribution in [0.2, 0.25) is 0 Å². The Hall–Kier alpha value is -3.82. The lowest BCUT2D eigenvalue weighted by molar-refractivity contribution is -0.137. The summed E-state index contributed by atoms with van der Waals surface area (Å²) >= 11 is 0. The summed E-state index contributed by atoms with van der Waals surface area (Å²) in [5.41, 5.74) is 0.593. The third-order valence-electron chi connectivity index (χ3n) is 4.33. The van der Waals surface area contributed by atoms with Crippen LogP contribution >= 0.6 is 0 Å². The number of nitrogens with zero attached hydrogens (tertiary/aromatic N) is 4. The fourth-order valence-corrected chi connectivity index (χ4v) is 2.82. The van der Waals surface area contributed by atoms with Crippen LogP contribution in [0.4, 0.5) is 17.6 Å². The first-order valence-corrected chi connectivity index (χ1v) is 8.74. The number of carbonyl (C=O) groups excluding carboxylic acids is 1. The molecule has 152 valence electrons. The predicted molar refractivity (Wildman–Crippen MR) is 98.8 cm³/mol. The van der Waals surface area contributed by atoms with Gasteiger partial charge in [-0.25, -0.2) is 4.39 Å². The topological polar surface area (TPSA) is 72.2 Å². The molecule has 0 spiro atoms. The number of benzene rings is 2. The van der Waals surface area contributed by atoms with E-state index in [1.165, 1.54) is 28.8 Å². The molecular weight excluding hydrogens is 402 g/mol. The van der Waals surface area contributed by atoms with Gasteiger partial charge in [0.25, 0.3) is 5.91 Å². The fraction of sp³-hybridized carbons (Fsp3) is 0.100. The summed E-state index contributed by atoms with van der Waals surface area (Å²) < 4.78 is 53.0. The average molecular weight is 415 g/mol. The number of halogens is 4. The van der Waals surface area contributed by atoms with E-state index in [1.54, 1.807) is 24.3 Å². The molecule has 4 rings (SSSR count). The molecule has 6 nitrogen and oxygen atoms in total. The van der Waals surface area contributed by atoms with Crippen molar-refractivity contribution in [3.8, 4) is 11.3 Å². The summed E-state index contributed by atoms with van der Waals surface area (Å²) in [5, 5.41) is 14.8. The quantitative estimate of drug-likeness (QED) is 0.514. The van der Waals surface area contributed by atoms with Crippen LogP contribution in [0.15, 0.2) is 60.7 Å². The Balaban J connectivity index is 1.55. The van der Waals surface area contributed by atoms with Gasteiger partial charge in [0.15, 0.2) is 11.5 Å². The van der Waals surface area contributed by atoms with Gasteiger partial charge < -0.3 is 5.32 Å². The Morgan fingerprint density at radius 2 is 1.77 bits per heavy atom. The Labute approximate surface area is 167 Å². The van der Waals surface area contributed by atoms with E-state index in [0.29, 0.717) is 16.9 Å². The summed E-state index contributed by atoms with van der Waals surface area (Å²) in [6, 6.07) is 13.3. The number of carbonyl (C=O) groups is 1. The molecule has 2 heterocycles. The molecule has 30 heavy (non-hydrogen) atoms. The van der Waals surface area contributed by atoms with Crippen molar-refractivity contribution in [1.29, 1.82) is 0 Å². The van der Waals surface area contributed by atoms with Gasteiger partial charge in [-0.15, -0.1) is 10.2 Å². The van der Waals surface area contributed by atoms with Crippen LogP contribution in [0.25, 0.3) is 16.9 Å². The molecule has 0 saturated heterocycles. The number of fused-ring (bicyclic) bond motifs is 1. The maximum atomic E-state index is 13.1. The summed E-state index contributed by atoms with van der Waals surface area (Å²) in [4.78, 5) is 12.3. The van der Waals surface area contributed by atoms with Crippen molar-refractivity contribution >= 4 is 11.6 Å². The molecule has 0 atom stereocenters. The minimum atomic E-state index is -4.54. The van der Waals surface area contributed by atoms with E-state index in [2.05, 4.69) is 20.6 Å². The highest BCUT2D eigenvalue weighted by Crippen LogP contribution is 2.29. The van der Waals surface area contributed by atoms with E-state index in [0.717, 1.165) is 12.1 Å². The molecule has 0 saturated carbocycles. The lowest BCUT2D eigenvalue weighted by Crippen LogP contribution is -2.24. The Bertz CT molecular complexity index is 1220. The number of hydrogen-bond donors (Lipinski definition) is 1. The molecule has 0 aliphatic heterocycles. The molecule has 10 heteroatoms. The Morgan fingerprint density at radius 1 is 1.00 bits per heavy atom. The maximum absolute atomic E-state index is 13.1. The van der Waals surface area contributed by atoms with Crippen molar-refractivity contribution in [2.75, 3.05) is 0 Å². The molecule has 4 aromatic rings. The second-order valence-corrected chi connectivity index (χ2v) is 6.37. The first-order chi connectivity index (χ1) is 14.3. The zero-order chi connectivity index (χ0) is 21.3. The van der Waals surface area contributed by atoms with Crippen LogP contribution < -0.4 is 5.32 Å². The van der Waals surface area contributed by atoms with Gasteiger partial charge in [-0.2, -0.15) is 22.8 Å². The molecule has 0 radical (unpaired) electrons. The van der Waals surface area contributed by atoms with E-state index >= 15 is 0 Å².